The van der Waals surface area contributed by atoms with Crippen LogP contribution in [0.25, 0.3) is 5.69 Å². The first kappa shape index (κ1) is 24.1. The Hall–Kier alpha value is -3.01. The van der Waals surface area contributed by atoms with Crippen molar-refractivity contribution >= 4 is 40.4 Å². The maximum atomic E-state index is 14.7. The van der Waals surface area contributed by atoms with E-state index in [1.807, 2.05) is 0 Å². The summed E-state index contributed by atoms with van der Waals surface area (Å²) in [5.74, 6) is -1.62. The van der Waals surface area contributed by atoms with E-state index in [0.717, 1.165) is 0 Å². The Morgan fingerprint density at radius 3 is 2.71 bits per heavy atom. The molecule has 0 radical (unpaired) electrons. The molecule has 34 heavy (non-hydrogen) atoms. The molecule has 4 rings (SSSR count). The molecule has 1 fully saturated rings. The van der Waals surface area contributed by atoms with Gasteiger partial charge in [-0.15, -0.1) is 11.3 Å². The molecule has 7 nitrogen and oxygen atoms in total. The van der Waals surface area contributed by atoms with Gasteiger partial charge in [0.05, 0.1) is 26.7 Å². The van der Waals surface area contributed by atoms with Crippen LogP contribution in [0, 0.1) is 17.7 Å². The zero-order chi connectivity index (χ0) is 24.2. The Morgan fingerprint density at radius 1 is 1.21 bits per heavy atom. The number of carbonyl (C=O) groups excluding carboxylic acids is 2. The normalized spacial score (nSPS) is 19.7. The third-order valence-corrected chi connectivity index (χ3v) is 7.17. The van der Waals surface area contributed by atoms with E-state index in [-0.39, 0.29) is 41.0 Å². The Kier molecular flexibility index (Phi) is 7.45. The van der Waals surface area contributed by atoms with E-state index in [1.165, 1.54) is 34.1 Å². The fraction of sp³-hybridized carbons (Fsp3) is 0.292. The first-order valence-corrected chi connectivity index (χ1v) is 11.9. The number of hydrogen-bond acceptors (Lipinski definition) is 5. The molecule has 2 N–H and O–H groups in total. The van der Waals surface area contributed by atoms with Gasteiger partial charge in [-0.3, -0.25) is 19.0 Å². The van der Waals surface area contributed by atoms with Gasteiger partial charge in [-0.25, -0.2) is 4.39 Å². The maximum Gasteiger partial charge on any atom is 0.261 e. The van der Waals surface area contributed by atoms with E-state index in [0.29, 0.717) is 34.3 Å². The second-order valence-corrected chi connectivity index (χ2v) is 9.79. The van der Waals surface area contributed by atoms with Crippen LogP contribution in [-0.4, -0.2) is 36.1 Å². The first-order valence-electron chi connectivity index (χ1n) is 10.7. The Bertz CT molecular complexity index is 1260. The van der Waals surface area contributed by atoms with Gasteiger partial charge in [0.2, 0.25) is 5.91 Å². The van der Waals surface area contributed by atoms with Gasteiger partial charge in [0.1, 0.15) is 5.82 Å². The Labute approximate surface area is 204 Å². The molecule has 2 aromatic heterocycles. The topological polar surface area (TPSA) is 89.4 Å². The predicted octanol–water partition coefficient (Wildman–Crippen LogP) is 4.10. The molecule has 0 saturated heterocycles. The number of carbonyl (C=O) groups is 2. The average molecular weight is 504 g/mol. The molecule has 1 aliphatic carbocycles. The number of methoxy groups -OCH3 is 1. The number of rotatable bonds is 7. The number of ether oxygens (including phenoxy) is 1. The Morgan fingerprint density at radius 2 is 2.03 bits per heavy atom. The molecule has 1 aliphatic rings. The number of halogens is 2. The smallest absolute Gasteiger partial charge is 0.261 e. The number of anilines is 1. The fourth-order valence-electron chi connectivity index (χ4n) is 4.18. The fourth-order valence-corrected chi connectivity index (χ4v) is 5.14. The van der Waals surface area contributed by atoms with Crippen molar-refractivity contribution in [3.8, 4) is 5.69 Å². The van der Waals surface area contributed by atoms with Gasteiger partial charge >= 0.3 is 0 Å². The number of pyridine rings is 1. The van der Waals surface area contributed by atoms with E-state index in [2.05, 4.69) is 10.6 Å². The largest absolute Gasteiger partial charge is 0.381 e. The van der Waals surface area contributed by atoms with E-state index in [9.17, 15) is 18.8 Å². The summed E-state index contributed by atoms with van der Waals surface area (Å²) in [5, 5.41) is 5.52. The minimum absolute atomic E-state index is 0.0398. The standard InChI is InChI=1S/C24H23ClFN3O4S/c1-33-19-11-14(10-15(19)13-27-24(32)20-7-8-21(25)34-20)23(31)28-18-6-5-16(12-17(18)26)29-9-3-2-4-22(29)30/h2-9,12,14-15,19H,10-11,13H2,1H3,(H,27,32)(H,28,31)/t14-,15+,19-/m0/s1. The quantitative estimate of drug-likeness (QED) is 0.508. The summed E-state index contributed by atoms with van der Waals surface area (Å²) in [7, 11) is 1.57. The summed E-state index contributed by atoms with van der Waals surface area (Å²) in [5.41, 5.74) is 0.123. The van der Waals surface area contributed by atoms with Crippen molar-refractivity contribution in [1.82, 2.24) is 9.88 Å². The molecule has 0 aliphatic heterocycles. The summed E-state index contributed by atoms with van der Waals surface area (Å²) < 4.78 is 22.1. The van der Waals surface area contributed by atoms with Crippen molar-refractivity contribution in [1.29, 1.82) is 0 Å². The van der Waals surface area contributed by atoms with Gasteiger partial charge in [-0.05, 0) is 43.2 Å². The molecule has 0 unspecified atom stereocenters. The summed E-state index contributed by atoms with van der Waals surface area (Å²) >= 11 is 7.08. The Balaban J connectivity index is 1.38. The third kappa shape index (κ3) is 5.38. The van der Waals surface area contributed by atoms with Crippen LogP contribution in [-0.2, 0) is 9.53 Å². The maximum absolute atomic E-state index is 14.7. The molecule has 3 atom stereocenters. The third-order valence-electron chi connectivity index (χ3n) is 5.94. The number of benzene rings is 1. The monoisotopic (exact) mass is 503 g/mol. The van der Waals surface area contributed by atoms with E-state index in [4.69, 9.17) is 16.3 Å². The molecule has 0 bridgehead atoms. The van der Waals surface area contributed by atoms with Gasteiger partial charge in [0.25, 0.3) is 11.5 Å². The van der Waals surface area contributed by atoms with Gasteiger partial charge in [-0.1, -0.05) is 17.7 Å². The lowest BCUT2D eigenvalue weighted by atomic mass is 10.0. The molecule has 2 heterocycles. The molecule has 1 aromatic carbocycles. The molecule has 3 aromatic rings. The van der Waals surface area contributed by atoms with Crippen LogP contribution in [0.15, 0.2) is 59.5 Å². The molecular formula is C24H23ClFN3O4S. The van der Waals surface area contributed by atoms with Crippen molar-refractivity contribution < 1.29 is 18.7 Å². The van der Waals surface area contributed by atoms with Crippen molar-refractivity contribution in [3.05, 3.63) is 80.1 Å². The minimum atomic E-state index is -0.638. The average Bonchev–Trinajstić information content (AvgIpc) is 3.45. The number of amides is 2. The summed E-state index contributed by atoms with van der Waals surface area (Å²) in [6.07, 6.45) is 2.30. The van der Waals surface area contributed by atoms with Gasteiger partial charge in [0, 0.05) is 43.8 Å². The van der Waals surface area contributed by atoms with Gasteiger partial charge in [0.15, 0.2) is 0 Å². The molecule has 2 amide bonds. The van der Waals surface area contributed by atoms with Gasteiger partial charge in [-0.2, -0.15) is 0 Å². The SMILES string of the molecule is CO[C@H]1C[C@@H](C(=O)Nc2ccc(-n3ccccc3=O)cc2F)C[C@@H]1CNC(=O)c1ccc(Cl)s1. The van der Waals surface area contributed by atoms with Crippen LogP contribution in [0.2, 0.25) is 4.34 Å². The molecule has 0 spiro atoms. The highest BCUT2D eigenvalue weighted by atomic mass is 35.5. The highest BCUT2D eigenvalue weighted by molar-refractivity contribution is 7.18. The zero-order valence-electron chi connectivity index (χ0n) is 18.3. The van der Waals surface area contributed by atoms with E-state index < -0.39 is 5.82 Å². The second kappa shape index (κ2) is 10.5. The van der Waals surface area contributed by atoms with Crippen molar-refractivity contribution in [2.75, 3.05) is 19.0 Å². The van der Waals surface area contributed by atoms with Crippen molar-refractivity contribution in [2.24, 2.45) is 11.8 Å². The first-order chi connectivity index (χ1) is 16.4. The van der Waals surface area contributed by atoms with Crippen LogP contribution in [0.4, 0.5) is 10.1 Å². The van der Waals surface area contributed by atoms with Crippen LogP contribution in [0.5, 0.6) is 0 Å². The molecular weight excluding hydrogens is 481 g/mol. The minimum Gasteiger partial charge on any atom is -0.381 e. The number of thiophene rings is 1. The van der Waals surface area contributed by atoms with Crippen LogP contribution >= 0.6 is 22.9 Å². The number of nitrogens with one attached hydrogen (secondary N) is 2. The lowest BCUT2D eigenvalue weighted by molar-refractivity contribution is -0.120. The highest BCUT2D eigenvalue weighted by Gasteiger charge is 2.38. The summed E-state index contributed by atoms with van der Waals surface area (Å²) in [4.78, 5) is 37.6. The van der Waals surface area contributed by atoms with Crippen LogP contribution < -0.4 is 16.2 Å². The van der Waals surface area contributed by atoms with Gasteiger partial charge < -0.3 is 15.4 Å². The van der Waals surface area contributed by atoms with E-state index in [1.54, 1.807) is 43.6 Å². The second-order valence-electron chi connectivity index (χ2n) is 8.08. The zero-order valence-corrected chi connectivity index (χ0v) is 19.9. The van der Waals surface area contributed by atoms with Crippen molar-refractivity contribution in [3.63, 3.8) is 0 Å². The lowest BCUT2D eigenvalue weighted by Crippen LogP contribution is -2.32. The summed E-state index contributed by atoms with van der Waals surface area (Å²) in [6.45, 7) is 0.353. The van der Waals surface area contributed by atoms with Crippen molar-refractivity contribution in [2.45, 2.75) is 18.9 Å². The number of hydrogen-bond donors (Lipinski definition) is 2. The number of nitrogens with zero attached hydrogens (tertiary/aromatic N) is 1. The van der Waals surface area contributed by atoms with E-state index >= 15 is 0 Å². The predicted molar refractivity (Wildman–Crippen MR) is 129 cm³/mol. The van der Waals surface area contributed by atoms with Crippen LogP contribution in [0.3, 0.4) is 0 Å². The molecule has 10 heteroatoms. The van der Waals surface area contributed by atoms with Crippen LogP contribution in [0.1, 0.15) is 22.5 Å². The lowest BCUT2D eigenvalue weighted by Gasteiger charge is -2.18. The molecule has 1 saturated carbocycles. The molecule has 178 valence electrons. The summed E-state index contributed by atoms with van der Waals surface area (Å²) in [6, 6.07) is 12.2. The highest BCUT2D eigenvalue weighted by Crippen LogP contribution is 2.34. The number of aromatic nitrogens is 1.